The zero-order valence-corrected chi connectivity index (χ0v) is 18.2. The average molecular weight is 456 g/mol. The predicted molar refractivity (Wildman–Crippen MR) is 109 cm³/mol. The summed E-state index contributed by atoms with van der Waals surface area (Å²) >= 11 is 0. The summed E-state index contributed by atoms with van der Waals surface area (Å²) in [5, 5.41) is 12.5. The van der Waals surface area contributed by atoms with E-state index in [1.807, 2.05) is 0 Å². The molecule has 3 rings (SSSR count). The molecule has 1 aromatic rings. The van der Waals surface area contributed by atoms with E-state index in [0.29, 0.717) is 24.4 Å². The van der Waals surface area contributed by atoms with Crippen LogP contribution in [0.4, 0.5) is 23.8 Å². The highest BCUT2D eigenvalue weighted by molar-refractivity contribution is 5.92. The van der Waals surface area contributed by atoms with Gasteiger partial charge in [0.2, 0.25) is 5.91 Å². The van der Waals surface area contributed by atoms with Gasteiger partial charge in [0.05, 0.1) is 12.2 Å². The summed E-state index contributed by atoms with van der Waals surface area (Å²) in [6.07, 6.45) is -5.13. The van der Waals surface area contributed by atoms with Gasteiger partial charge in [-0.3, -0.25) is 14.5 Å². The maximum Gasteiger partial charge on any atom is 0.471 e. The van der Waals surface area contributed by atoms with Crippen LogP contribution in [0, 0.1) is 5.41 Å². The minimum atomic E-state index is -4.99. The lowest BCUT2D eigenvalue weighted by Crippen LogP contribution is -2.59. The van der Waals surface area contributed by atoms with Gasteiger partial charge in [-0.15, -0.1) is 0 Å². The second-order valence-corrected chi connectivity index (χ2v) is 9.33. The molecule has 0 bridgehead atoms. The largest absolute Gasteiger partial charge is 0.471 e. The van der Waals surface area contributed by atoms with Gasteiger partial charge in [0.15, 0.2) is 0 Å². The molecule has 8 nitrogen and oxygen atoms in total. The fourth-order valence-corrected chi connectivity index (χ4v) is 4.35. The van der Waals surface area contributed by atoms with Gasteiger partial charge in [-0.05, 0) is 36.3 Å². The molecule has 1 saturated heterocycles. The first-order valence-electron chi connectivity index (χ1n) is 10.4. The van der Waals surface area contributed by atoms with Crippen molar-refractivity contribution in [3.63, 3.8) is 0 Å². The number of carboxylic acid groups (broad SMARTS) is 1. The van der Waals surface area contributed by atoms with Crippen LogP contribution < -0.4 is 5.32 Å². The van der Waals surface area contributed by atoms with Crippen LogP contribution in [0.15, 0.2) is 12.1 Å². The van der Waals surface area contributed by atoms with Crippen molar-refractivity contribution >= 4 is 23.7 Å². The Morgan fingerprint density at radius 1 is 1.25 bits per heavy atom. The van der Waals surface area contributed by atoms with Crippen molar-refractivity contribution in [3.05, 3.63) is 23.4 Å². The van der Waals surface area contributed by atoms with Gasteiger partial charge < -0.3 is 15.3 Å². The molecule has 3 heterocycles. The Morgan fingerprint density at radius 3 is 2.53 bits per heavy atom. The van der Waals surface area contributed by atoms with Crippen LogP contribution in [0.2, 0.25) is 0 Å². The molecule has 2 aliphatic rings. The highest BCUT2D eigenvalue weighted by Crippen LogP contribution is 2.36. The van der Waals surface area contributed by atoms with Crippen molar-refractivity contribution in [1.82, 2.24) is 14.8 Å². The minimum Gasteiger partial charge on any atom is -0.465 e. The molecule has 2 aliphatic heterocycles. The van der Waals surface area contributed by atoms with Gasteiger partial charge in [0, 0.05) is 25.0 Å². The first kappa shape index (κ1) is 23.8. The first-order chi connectivity index (χ1) is 14.8. The molecule has 3 amide bonds. The number of hydrogen-bond acceptors (Lipinski definition) is 4. The lowest BCUT2D eigenvalue weighted by atomic mass is 9.78. The van der Waals surface area contributed by atoms with Crippen molar-refractivity contribution < 1.29 is 32.7 Å². The summed E-state index contributed by atoms with van der Waals surface area (Å²) in [5.41, 5.74) is 0.606. The smallest absolute Gasteiger partial charge is 0.465 e. The number of amides is 3. The number of fused-ring (bicyclic) bond motifs is 1. The van der Waals surface area contributed by atoms with E-state index in [1.165, 1.54) is 0 Å². The number of hydrogen-bond donors (Lipinski definition) is 2. The Balaban J connectivity index is 1.81. The average Bonchev–Trinajstić information content (AvgIpc) is 2.69. The second kappa shape index (κ2) is 8.59. The second-order valence-electron chi connectivity index (χ2n) is 9.33. The van der Waals surface area contributed by atoms with Crippen LogP contribution in [0.1, 0.15) is 51.3 Å². The van der Waals surface area contributed by atoms with Crippen LogP contribution in [0.3, 0.4) is 0 Å². The molecule has 0 aliphatic carbocycles. The number of likely N-dealkylation sites (tertiary alicyclic amines) is 1. The van der Waals surface area contributed by atoms with E-state index < -0.39 is 35.7 Å². The molecular formula is C21H27F3N4O4. The number of carbonyl (C=O) groups is 3. The summed E-state index contributed by atoms with van der Waals surface area (Å²) in [6.45, 7) is 4.93. The molecule has 32 heavy (non-hydrogen) atoms. The SMILES string of the molecule is CC(C)(C)C1CC(N(Cc2ccc3c(n2)NC(=O)CC3)C(=O)O)CCN1C(=O)C(F)(F)F. The molecule has 1 fully saturated rings. The topological polar surface area (TPSA) is 103 Å². The van der Waals surface area contributed by atoms with Crippen LogP contribution in [-0.4, -0.2) is 62.6 Å². The van der Waals surface area contributed by atoms with Crippen LogP contribution in [0.5, 0.6) is 0 Å². The first-order valence-corrected chi connectivity index (χ1v) is 10.4. The Morgan fingerprint density at radius 2 is 1.94 bits per heavy atom. The standard InChI is InChI=1S/C21H27F3N4O4/c1-20(2,3)15-10-14(8-9-27(15)18(30)21(22,23)24)28(19(31)32)11-13-6-4-12-5-7-16(29)26-17(12)25-13/h4,6,14-15H,5,7-11H2,1-3H3,(H,31,32)(H,25,26,29). The third-order valence-electron chi connectivity index (χ3n) is 6.01. The van der Waals surface area contributed by atoms with Crippen molar-refractivity contribution in [1.29, 1.82) is 0 Å². The molecule has 0 radical (unpaired) electrons. The zero-order valence-electron chi connectivity index (χ0n) is 18.2. The minimum absolute atomic E-state index is 0.0762. The molecule has 0 aromatic carbocycles. The van der Waals surface area contributed by atoms with E-state index in [0.717, 1.165) is 15.4 Å². The van der Waals surface area contributed by atoms with Gasteiger partial charge in [0.25, 0.3) is 0 Å². The highest BCUT2D eigenvalue weighted by atomic mass is 19.4. The van der Waals surface area contributed by atoms with E-state index in [9.17, 15) is 32.7 Å². The number of carbonyl (C=O) groups excluding carboxylic acids is 2. The van der Waals surface area contributed by atoms with Crippen molar-refractivity contribution in [3.8, 4) is 0 Å². The molecule has 0 spiro atoms. The lowest BCUT2D eigenvalue weighted by molar-refractivity contribution is -0.192. The number of aryl methyl sites for hydroxylation is 1. The number of rotatable bonds is 3. The van der Waals surface area contributed by atoms with Crippen molar-refractivity contribution in [2.45, 2.75) is 71.3 Å². The van der Waals surface area contributed by atoms with Crippen molar-refractivity contribution in [2.75, 3.05) is 11.9 Å². The zero-order chi connectivity index (χ0) is 23.8. The number of pyridine rings is 1. The normalized spacial score (nSPS) is 21.6. The van der Waals surface area contributed by atoms with Crippen molar-refractivity contribution in [2.24, 2.45) is 5.41 Å². The summed E-state index contributed by atoms with van der Waals surface area (Å²) in [5.74, 6) is -1.65. The molecule has 2 unspecified atom stereocenters. The number of nitrogens with one attached hydrogen (secondary N) is 1. The Bertz CT molecular complexity index is 913. The quantitative estimate of drug-likeness (QED) is 0.726. The summed E-state index contributed by atoms with van der Waals surface area (Å²) in [6, 6.07) is 2.12. The fraction of sp³-hybridized carbons (Fsp3) is 0.619. The molecule has 2 N–H and O–H groups in total. The Kier molecular flexibility index (Phi) is 6.39. The van der Waals surface area contributed by atoms with E-state index in [2.05, 4.69) is 10.3 Å². The lowest BCUT2D eigenvalue weighted by Gasteiger charge is -2.47. The third kappa shape index (κ3) is 5.13. The molecule has 176 valence electrons. The monoisotopic (exact) mass is 456 g/mol. The number of alkyl halides is 3. The van der Waals surface area contributed by atoms with Crippen LogP contribution in [0.25, 0.3) is 0 Å². The fourth-order valence-electron chi connectivity index (χ4n) is 4.35. The van der Waals surface area contributed by atoms with E-state index in [-0.39, 0.29) is 31.8 Å². The number of aromatic nitrogens is 1. The van der Waals surface area contributed by atoms with Gasteiger partial charge in [-0.1, -0.05) is 26.8 Å². The summed E-state index contributed by atoms with van der Waals surface area (Å²) in [7, 11) is 0. The van der Waals surface area contributed by atoms with Crippen LogP contribution >= 0.6 is 0 Å². The van der Waals surface area contributed by atoms with Gasteiger partial charge in [0.1, 0.15) is 5.82 Å². The summed E-state index contributed by atoms with van der Waals surface area (Å²) in [4.78, 5) is 42.0. The Hall–Kier alpha value is -2.85. The molecule has 0 saturated carbocycles. The number of halogens is 3. The number of nitrogens with zero attached hydrogens (tertiary/aromatic N) is 3. The van der Waals surface area contributed by atoms with Crippen LogP contribution in [-0.2, 0) is 22.6 Å². The predicted octanol–water partition coefficient (Wildman–Crippen LogP) is 3.41. The maximum absolute atomic E-state index is 13.1. The number of piperidine rings is 1. The third-order valence-corrected chi connectivity index (χ3v) is 6.01. The highest BCUT2D eigenvalue weighted by Gasteiger charge is 2.49. The maximum atomic E-state index is 13.1. The number of anilines is 1. The van der Waals surface area contributed by atoms with Gasteiger partial charge in [-0.25, -0.2) is 9.78 Å². The van der Waals surface area contributed by atoms with E-state index in [1.54, 1.807) is 32.9 Å². The molecule has 1 aromatic heterocycles. The van der Waals surface area contributed by atoms with E-state index in [4.69, 9.17) is 0 Å². The van der Waals surface area contributed by atoms with Gasteiger partial charge in [-0.2, -0.15) is 13.2 Å². The summed E-state index contributed by atoms with van der Waals surface area (Å²) < 4.78 is 39.3. The molecule has 11 heteroatoms. The van der Waals surface area contributed by atoms with Gasteiger partial charge >= 0.3 is 18.2 Å². The van der Waals surface area contributed by atoms with E-state index >= 15 is 0 Å². The molecular weight excluding hydrogens is 429 g/mol. The Labute approximate surface area is 183 Å². The molecule has 2 atom stereocenters.